The monoisotopic (exact) mass is 293 g/mol. The van der Waals surface area contributed by atoms with Gasteiger partial charge in [0.05, 0.1) is 12.1 Å². The van der Waals surface area contributed by atoms with Crippen molar-refractivity contribution in [3.63, 3.8) is 0 Å². The van der Waals surface area contributed by atoms with Crippen LogP contribution >= 0.6 is 11.6 Å². The summed E-state index contributed by atoms with van der Waals surface area (Å²) in [6.07, 6.45) is 0.522. The molecule has 0 saturated carbocycles. The zero-order valence-electron chi connectivity index (χ0n) is 11.5. The van der Waals surface area contributed by atoms with E-state index in [0.29, 0.717) is 6.42 Å². The van der Waals surface area contributed by atoms with Crippen LogP contribution in [-0.2, 0) is 6.42 Å². The van der Waals surface area contributed by atoms with Crippen LogP contribution in [0, 0.1) is 12.7 Å². The molecule has 0 aromatic heterocycles. The summed E-state index contributed by atoms with van der Waals surface area (Å²) in [6, 6.07) is 10.4. The van der Waals surface area contributed by atoms with E-state index in [9.17, 15) is 4.39 Å². The molecule has 0 aliphatic carbocycles. The number of rotatable bonds is 4. The summed E-state index contributed by atoms with van der Waals surface area (Å²) in [7, 11) is 1.61. The van der Waals surface area contributed by atoms with Crippen molar-refractivity contribution in [2.45, 2.75) is 19.4 Å². The van der Waals surface area contributed by atoms with Crippen molar-refractivity contribution in [2.24, 2.45) is 5.73 Å². The Kier molecular flexibility index (Phi) is 4.63. The maximum absolute atomic E-state index is 13.4. The van der Waals surface area contributed by atoms with Gasteiger partial charge >= 0.3 is 0 Å². The molecular weight excluding hydrogens is 277 g/mol. The number of hydrogen-bond acceptors (Lipinski definition) is 2. The fourth-order valence-corrected chi connectivity index (χ4v) is 2.29. The standard InChI is InChI=1S/C16H17ClFNO/c1-10-3-6-16(20-2)12(7-10)15(19)9-11-4-5-13(17)14(18)8-11/h3-8,15H,9,19H2,1-2H3. The zero-order chi connectivity index (χ0) is 14.7. The van der Waals surface area contributed by atoms with Crippen molar-refractivity contribution in [1.82, 2.24) is 0 Å². The second-order valence-electron chi connectivity index (χ2n) is 4.80. The molecule has 0 saturated heterocycles. The van der Waals surface area contributed by atoms with Crippen LogP contribution in [0.15, 0.2) is 36.4 Å². The highest BCUT2D eigenvalue weighted by Crippen LogP contribution is 2.28. The third-order valence-corrected chi connectivity index (χ3v) is 3.53. The number of benzene rings is 2. The molecule has 1 unspecified atom stereocenters. The maximum atomic E-state index is 13.4. The van der Waals surface area contributed by atoms with Crippen LogP contribution in [0.2, 0.25) is 5.02 Å². The van der Waals surface area contributed by atoms with Gasteiger partial charge in [0.1, 0.15) is 11.6 Å². The van der Waals surface area contributed by atoms with Crippen molar-refractivity contribution in [3.05, 3.63) is 63.9 Å². The third-order valence-electron chi connectivity index (χ3n) is 3.22. The summed E-state index contributed by atoms with van der Waals surface area (Å²) in [5.41, 5.74) is 9.06. The number of hydrogen-bond donors (Lipinski definition) is 1. The van der Waals surface area contributed by atoms with Gasteiger partial charge in [-0.1, -0.05) is 35.4 Å². The molecule has 0 amide bonds. The molecule has 2 aromatic rings. The molecular formula is C16H17ClFNO. The SMILES string of the molecule is COc1ccc(C)cc1C(N)Cc1ccc(Cl)c(F)c1. The molecule has 0 aliphatic rings. The molecule has 4 heteroatoms. The fraction of sp³-hybridized carbons (Fsp3) is 0.250. The molecule has 1 atom stereocenters. The Labute approximate surface area is 123 Å². The van der Waals surface area contributed by atoms with Crippen molar-refractivity contribution < 1.29 is 9.13 Å². The molecule has 20 heavy (non-hydrogen) atoms. The topological polar surface area (TPSA) is 35.2 Å². The molecule has 0 bridgehead atoms. The summed E-state index contributed by atoms with van der Waals surface area (Å²) in [4.78, 5) is 0. The van der Waals surface area contributed by atoms with Gasteiger partial charge in [0, 0.05) is 11.6 Å². The lowest BCUT2D eigenvalue weighted by atomic mass is 9.97. The Morgan fingerprint density at radius 3 is 2.65 bits per heavy atom. The minimum absolute atomic E-state index is 0.121. The lowest BCUT2D eigenvalue weighted by Gasteiger charge is -2.16. The molecule has 0 aliphatic heterocycles. The zero-order valence-corrected chi connectivity index (χ0v) is 12.2. The second-order valence-corrected chi connectivity index (χ2v) is 5.21. The van der Waals surface area contributed by atoms with Crippen LogP contribution in [0.5, 0.6) is 5.75 Å². The summed E-state index contributed by atoms with van der Waals surface area (Å²) in [5, 5.41) is 0.121. The first-order valence-corrected chi connectivity index (χ1v) is 6.73. The van der Waals surface area contributed by atoms with E-state index in [-0.39, 0.29) is 11.1 Å². The van der Waals surface area contributed by atoms with Crippen LogP contribution in [0.1, 0.15) is 22.7 Å². The average molecular weight is 294 g/mol. The summed E-state index contributed by atoms with van der Waals surface area (Å²) in [5.74, 6) is 0.324. The van der Waals surface area contributed by atoms with E-state index in [1.165, 1.54) is 6.07 Å². The van der Waals surface area contributed by atoms with Crippen LogP contribution < -0.4 is 10.5 Å². The van der Waals surface area contributed by atoms with Gasteiger partial charge in [-0.2, -0.15) is 0 Å². The molecule has 2 aromatic carbocycles. The third kappa shape index (κ3) is 3.30. The van der Waals surface area contributed by atoms with Gasteiger partial charge < -0.3 is 10.5 Å². The quantitative estimate of drug-likeness (QED) is 0.923. The van der Waals surface area contributed by atoms with Crippen LogP contribution in [0.3, 0.4) is 0 Å². The van der Waals surface area contributed by atoms with Gasteiger partial charge in [0.15, 0.2) is 0 Å². The molecule has 2 nitrogen and oxygen atoms in total. The molecule has 2 N–H and O–H groups in total. The Balaban J connectivity index is 2.25. The van der Waals surface area contributed by atoms with Gasteiger partial charge in [0.2, 0.25) is 0 Å². The summed E-state index contributed by atoms with van der Waals surface area (Å²) >= 11 is 5.68. The summed E-state index contributed by atoms with van der Waals surface area (Å²) in [6.45, 7) is 2.00. The normalized spacial score (nSPS) is 12.2. The molecule has 2 rings (SSSR count). The highest BCUT2D eigenvalue weighted by molar-refractivity contribution is 6.30. The number of halogens is 2. The smallest absolute Gasteiger partial charge is 0.142 e. The van der Waals surface area contributed by atoms with Gasteiger partial charge in [-0.15, -0.1) is 0 Å². The largest absolute Gasteiger partial charge is 0.496 e. The van der Waals surface area contributed by atoms with Crippen LogP contribution in [0.25, 0.3) is 0 Å². The first-order valence-electron chi connectivity index (χ1n) is 6.35. The fourth-order valence-electron chi connectivity index (χ4n) is 2.17. The predicted molar refractivity (Wildman–Crippen MR) is 79.8 cm³/mol. The Hall–Kier alpha value is -1.58. The Bertz CT molecular complexity index is 615. The molecule has 0 heterocycles. The molecule has 0 radical (unpaired) electrons. The van der Waals surface area contributed by atoms with Crippen molar-refractivity contribution in [1.29, 1.82) is 0 Å². The van der Waals surface area contributed by atoms with E-state index in [1.807, 2.05) is 25.1 Å². The molecule has 0 spiro atoms. The lowest BCUT2D eigenvalue weighted by Crippen LogP contribution is -2.14. The van der Waals surface area contributed by atoms with Crippen LogP contribution in [0.4, 0.5) is 4.39 Å². The highest BCUT2D eigenvalue weighted by Gasteiger charge is 2.13. The number of aryl methyl sites for hydroxylation is 1. The Morgan fingerprint density at radius 2 is 2.00 bits per heavy atom. The van der Waals surface area contributed by atoms with Gasteiger partial charge in [-0.3, -0.25) is 0 Å². The predicted octanol–water partition coefficient (Wildman–Crippen LogP) is 4.04. The second kappa shape index (κ2) is 6.25. The van der Waals surface area contributed by atoms with E-state index in [0.717, 1.165) is 22.4 Å². The van der Waals surface area contributed by atoms with E-state index >= 15 is 0 Å². The minimum atomic E-state index is -0.424. The highest BCUT2D eigenvalue weighted by atomic mass is 35.5. The maximum Gasteiger partial charge on any atom is 0.142 e. The van der Waals surface area contributed by atoms with Gasteiger partial charge in [-0.05, 0) is 37.1 Å². The summed E-state index contributed by atoms with van der Waals surface area (Å²) < 4.78 is 18.8. The average Bonchev–Trinajstić information content (AvgIpc) is 2.43. The van der Waals surface area contributed by atoms with E-state index < -0.39 is 5.82 Å². The van der Waals surface area contributed by atoms with Crippen LogP contribution in [-0.4, -0.2) is 7.11 Å². The molecule has 0 fully saturated rings. The first kappa shape index (κ1) is 14.8. The van der Waals surface area contributed by atoms with E-state index in [1.54, 1.807) is 19.2 Å². The van der Waals surface area contributed by atoms with Crippen molar-refractivity contribution in [2.75, 3.05) is 7.11 Å². The van der Waals surface area contributed by atoms with Crippen molar-refractivity contribution >= 4 is 11.6 Å². The number of methoxy groups -OCH3 is 1. The lowest BCUT2D eigenvalue weighted by molar-refractivity contribution is 0.405. The van der Waals surface area contributed by atoms with Crippen molar-refractivity contribution in [3.8, 4) is 5.75 Å². The minimum Gasteiger partial charge on any atom is -0.496 e. The number of nitrogens with two attached hydrogens (primary N) is 1. The van der Waals surface area contributed by atoms with Gasteiger partial charge in [0.25, 0.3) is 0 Å². The Morgan fingerprint density at radius 1 is 1.25 bits per heavy atom. The van der Waals surface area contributed by atoms with E-state index in [4.69, 9.17) is 22.1 Å². The first-order chi connectivity index (χ1) is 9.51. The van der Waals surface area contributed by atoms with E-state index in [2.05, 4.69) is 0 Å². The number of ether oxygens (including phenoxy) is 1. The van der Waals surface area contributed by atoms with Gasteiger partial charge in [-0.25, -0.2) is 4.39 Å². The molecule has 106 valence electrons.